The fourth-order valence-corrected chi connectivity index (χ4v) is 0.227. The molecule has 0 amide bonds. The summed E-state index contributed by atoms with van der Waals surface area (Å²) >= 11 is 0. The van der Waals surface area contributed by atoms with Crippen LogP contribution in [-0.4, -0.2) is 16.3 Å². The Labute approximate surface area is 53.9 Å². The van der Waals surface area contributed by atoms with Gasteiger partial charge in [-0.3, -0.25) is 0 Å². The van der Waals surface area contributed by atoms with Gasteiger partial charge in [0.1, 0.15) is 0 Å². The zero-order chi connectivity index (χ0) is 7.49. The molecule has 0 aliphatic heterocycles. The molecule has 0 unspecified atom stereocenters. The normalized spacial score (nSPS) is 12.7. The second-order valence-corrected chi connectivity index (χ2v) is 2.35. The molecule has 0 saturated carbocycles. The van der Waals surface area contributed by atoms with Crippen LogP contribution < -0.4 is 0 Å². The smallest absolute Gasteiger partial charge is 0.232 e. The molecule has 0 saturated heterocycles. The maximum absolute atomic E-state index is 8.17. The van der Waals surface area contributed by atoms with Crippen LogP contribution in [0.4, 0.5) is 0 Å². The highest BCUT2D eigenvalue weighted by Crippen LogP contribution is 2.19. The predicted octanol–water partition coefficient (Wildman–Crippen LogP) is 1.34. The summed E-state index contributed by atoms with van der Waals surface area (Å²) in [5.74, 6) is -1.42. The van der Waals surface area contributed by atoms with E-state index in [4.69, 9.17) is 10.5 Å². The van der Waals surface area contributed by atoms with E-state index in [1.807, 2.05) is 0 Å². The van der Waals surface area contributed by atoms with Crippen LogP contribution in [0.3, 0.4) is 0 Å². The third-order valence-electron chi connectivity index (χ3n) is 1.41. The average Bonchev–Trinajstić information content (AvgIpc) is 1.86. The van der Waals surface area contributed by atoms with Gasteiger partial charge in [0.25, 0.3) is 0 Å². The molecule has 4 heteroatoms. The lowest BCUT2D eigenvalue weighted by molar-refractivity contribution is -0.491. The Balaban J connectivity index is 3.92. The van der Waals surface area contributed by atoms with Crippen molar-refractivity contribution in [3.05, 3.63) is 0 Å². The summed E-state index contributed by atoms with van der Waals surface area (Å²) in [5.41, 5.74) is 0. The second-order valence-electron chi connectivity index (χ2n) is 2.35. The van der Waals surface area contributed by atoms with E-state index in [2.05, 4.69) is 9.78 Å². The average molecular weight is 136 g/mol. The van der Waals surface area contributed by atoms with Crippen LogP contribution in [0.25, 0.3) is 0 Å². The minimum atomic E-state index is -1.31. The van der Waals surface area contributed by atoms with Crippen LogP contribution in [0.2, 0.25) is 0 Å². The van der Waals surface area contributed by atoms with Crippen molar-refractivity contribution >= 4 is 0 Å². The summed E-state index contributed by atoms with van der Waals surface area (Å²) in [6, 6.07) is 0. The van der Waals surface area contributed by atoms with E-state index >= 15 is 0 Å². The van der Waals surface area contributed by atoms with Crippen molar-refractivity contribution in [2.75, 3.05) is 0 Å². The monoisotopic (exact) mass is 136 g/mol. The molecular formula is C5H12O4. The Morgan fingerprint density at radius 1 is 1.22 bits per heavy atom. The highest BCUT2D eigenvalue weighted by molar-refractivity contribution is 4.62. The van der Waals surface area contributed by atoms with Crippen LogP contribution in [-0.2, 0) is 9.78 Å². The summed E-state index contributed by atoms with van der Waals surface area (Å²) in [6.07, 6.45) is 0. The van der Waals surface area contributed by atoms with Gasteiger partial charge in [-0.15, -0.1) is 0 Å². The molecule has 0 bridgehead atoms. The van der Waals surface area contributed by atoms with Gasteiger partial charge in [0, 0.05) is 5.92 Å². The lowest BCUT2D eigenvalue weighted by atomic mass is 10.1. The SMILES string of the molecule is CC(C)C(C)(OO)OO. The van der Waals surface area contributed by atoms with E-state index in [9.17, 15) is 0 Å². The predicted molar refractivity (Wildman–Crippen MR) is 30.7 cm³/mol. The van der Waals surface area contributed by atoms with E-state index < -0.39 is 5.79 Å². The Morgan fingerprint density at radius 3 is 1.56 bits per heavy atom. The summed E-state index contributed by atoms with van der Waals surface area (Å²) in [5, 5.41) is 16.3. The molecule has 0 aliphatic carbocycles. The molecule has 56 valence electrons. The molecule has 0 atom stereocenters. The molecule has 0 aromatic carbocycles. The lowest BCUT2D eigenvalue weighted by Gasteiger charge is -2.25. The molecule has 0 aromatic heterocycles. The van der Waals surface area contributed by atoms with Crippen LogP contribution in [0.15, 0.2) is 0 Å². The Kier molecular flexibility index (Phi) is 3.07. The van der Waals surface area contributed by atoms with Gasteiger partial charge in [-0.1, -0.05) is 13.8 Å². The van der Waals surface area contributed by atoms with Gasteiger partial charge in [-0.25, -0.2) is 20.3 Å². The van der Waals surface area contributed by atoms with Crippen LogP contribution in [0.1, 0.15) is 20.8 Å². The molecular weight excluding hydrogens is 124 g/mol. The molecule has 9 heavy (non-hydrogen) atoms. The van der Waals surface area contributed by atoms with Crippen LogP contribution in [0.5, 0.6) is 0 Å². The highest BCUT2D eigenvalue weighted by Gasteiger charge is 2.31. The largest absolute Gasteiger partial charge is 0.249 e. The first-order valence-electron chi connectivity index (χ1n) is 2.72. The van der Waals surface area contributed by atoms with Gasteiger partial charge >= 0.3 is 0 Å². The standard InChI is InChI=1S/C5H12O4/c1-4(2)5(3,8-6)9-7/h4,6-7H,1-3H3. The lowest BCUT2D eigenvalue weighted by Crippen LogP contribution is -2.35. The third kappa shape index (κ3) is 1.91. The fraction of sp³-hybridized carbons (Fsp3) is 1.00. The fourth-order valence-electron chi connectivity index (χ4n) is 0.227. The van der Waals surface area contributed by atoms with E-state index in [0.29, 0.717) is 0 Å². The molecule has 4 nitrogen and oxygen atoms in total. The Morgan fingerprint density at radius 2 is 1.56 bits per heavy atom. The Hall–Kier alpha value is -0.160. The van der Waals surface area contributed by atoms with Gasteiger partial charge in [-0.2, -0.15) is 0 Å². The number of hydrogen-bond donors (Lipinski definition) is 2. The van der Waals surface area contributed by atoms with Crippen molar-refractivity contribution in [2.45, 2.75) is 26.6 Å². The minimum absolute atomic E-state index is 0.118. The van der Waals surface area contributed by atoms with Crippen molar-refractivity contribution in [3.63, 3.8) is 0 Å². The quantitative estimate of drug-likeness (QED) is 0.349. The first kappa shape index (κ1) is 8.84. The van der Waals surface area contributed by atoms with Gasteiger partial charge in [0.2, 0.25) is 5.79 Å². The van der Waals surface area contributed by atoms with Gasteiger partial charge in [0.05, 0.1) is 0 Å². The summed E-state index contributed by atoms with van der Waals surface area (Å²) in [4.78, 5) is 7.75. The second kappa shape index (κ2) is 3.12. The van der Waals surface area contributed by atoms with Crippen molar-refractivity contribution < 1.29 is 20.3 Å². The van der Waals surface area contributed by atoms with Crippen LogP contribution >= 0.6 is 0 Å². The van der Waals surface area contributed by atoms with E-state index in [-0.39, 0.29) is 5.92 Å². The molecule has 0 spiro atoms. The van der Waals surface area contributed by atoms with Crippen molar-refractivity contribution in [2.24, 2.45) is 5.92 Å². The third-order valence-corrected chi connectivity index (χ3v) is 1.41. The number of rotatable bonds is 3. The van der Waals surface area contributed by atoms with E-state index in [0.717, 1.165) is 0 Å². The topological polar surface area (TPSA) is 58.9 Å². The van der Waals surface area contributed by atoms with Gasteiger partial charge in [0.15, 0.2) is 0 Å². The summed E-state index contributed by atoms with van der Waals surface area (Å²) in [6.45, 7) is 4.91. The molecule has 0 rings (SSSR count). The van der Waals surface area contributed by atoms with Gasteiger partial charge < -0.3 is 0 Å². The maximum atomic E-state index is 8.17. The number of hydrogen-bond acceptors (Lipinski definition) is 4. The van der Waals surface area contributed by atoms with Crippen molar-refractivity contribution in [3.8, 4) is 0 Å². The molecule has 0 heterocycles. The van der Waals surface area contributed by atoms with Crippen molar-refractivity contribution in [1.29, 1.82) is 0 Å². The molecule has 0 fully saturated rings. The van der Waals surface area contributed by atoms with E-state index in [1.54, 1.807) is 13.8 Å². The van der Waals surface area contributed by atoms with E-state index in [1.165, 1.54) is 6.92 Å². The molecule has 0 aliphatic rings. The highest BCUT2D eigenvalue weighted by atomic mass is 17.2. The Bertz CT molecular complexity index is 77.0. The van der Waals surface area contributed by atoms with Crippen LogP contribution in [0, 0.1) is 5.92 Å². The molecule has 0 radical (unpaired) electrons. The van der Waals surface area contributed by atoms with Gasteiger partial charge in [-0.05, 0) is 6.92 Å². The zero-order valence-electron chi connectivity index (χ0n) is 5.79. The first-order valence-corrected chi connectivity index (χ1v) is 2.72. The first-order chi connectivity index (χ1) is 4.06. The zero-order valence-corrected chi connectivity index (χ0v) is 5.79. The summed E-state index contributed by atoms with van der Waals surface area (Å²) in [7, 11) is 0. The van der Waals surface area contributed by atoms with Crippen molar-refractivity contribution in [1.82, 2.24) is 0 Å². The molecule has 2 N–H and O–H groups in total. The summed E-state index contributed by atoms with van der Waals surface area (Å²) < 4.78 is 0. The maximum Gasteiger partial charge on any atom is 0.232 e. The molecule has 0 aromatic rings. The minimum Gasteiger partial charge on any atom is -0.249 e.